The SMILES string of the molecule is C=CC[N+](CC)(CC)CC.C=COC(=O)c1ccccc1. The molecule has 0 bridgehead atoms. The summed E-state index contributed by atoms with van der Waals surface area (Å²) in [7, 11) is 0. The van der Waals surface area contributed by atoms with Crippen LogP contribution >= 0.6 is 0 Å². The first-order valence-electron chi connectivity index (χ1n) is 7.42. The molecule has 0 saturated heterocycles. The number of benzene rings is 1. The molecular formula is C18H28NO2+. The zero-order valence-corrected chi connectivity index (χ0v) is 13.5. The van der Waals surface area contributed by atoms with Gasteiger partial charge in [-0.15, -0.1) is 0 Å². The fourth-order valence-corrected chi connectivity index (χ4v) is 2.05. The molecule has 21 heavy (non-hydrogen) atoms. The van der Waals surface area contributed by atoms with Gasteiger partial charge in [0.25, 0.3) is 0 Å². The molecule has 0 atom stereocenters. The van der Waals surface area contributed by atoms with Gasteiger partial charge in [0.2, 0.25) is 0 Å². The minimum Gasteiger partial charge on any atom is -0.432 e. The lowest BCUT2D eigenvalue weighted by Gasteiger charge is -2.34. The summed E-state index contributed by atoms with van der Waals surface area (Å²) in [5.41, 5.74) is 0.535. The molecule has 0 aliphatic rings. The summed E-state index contributed by atoms with van der Waals surface area (Å²) in [6.45, 7) is 18.6. The highest BCUT2D eigenvalue weighted by atomic mass is 16.5. The van der Waals surface area contributed by atoms with Gasteiger partial charge in [0.1, 0.15) is 0 Å². The normalized spacial score (nSPS) is 10.0. The van der Waals surface area contributed by atoms with Crippen LogP contribution in [0.15, 0.2) is 55.8 Å². The average molecular weight is 290 g/mol. The van der Waals surface area contributed by atoms with Gasteiger partial charge in [0.15, 0.2) is 0 Å². The molecule has 3 heteroatoms. The van der Waals surface area contributed by atoms with E-state index in [-0.39, 0.29) is 5.97 Å². The van der Waals surface area contributed by atoms with Gasteiger partial charge in [-0.2, -0.15) is 0 Å². The molecule has 0 aliphatic carbocycles. The van der Waals surface area contributed by atoms with E-state index in [1.807, 2.05) is 12.1 Å². The quantitative estimate of drug-likeness (QED) is 0.328. The molecular weight excluding hydrogens is 262 g/mol. The number of hydrogen-bond acceptors (Lipinski definition) is 2. The van der Waals surface area contributed by atoms with E-state index in [1.54, 1.807) is 24.3 Å². The van der Waals surface area contributed by atoms with Crippen LogP contribution in [0.4, 0.5) is 0 Å². The average Bonchev–Trinajstić information content (AvgIpc) is 2.54. The van der Waals surface area contributed by atoms with Crippen LogP contribution in [0.5, 0.6) is 0 Å². The van der Waals surface area contributed by atoms with Crippen molar-refractivity contribution in [3.05, 3.63) is 61.4 Å². The molecule has 1 rings (SSSR count). The Morgan fingerprint density at radius 1 is 1.10 bits per heavy atom. The lowest BCUT2D eigenvalue weighted by Crippen LogP contribution is -2.47. The number of hydrogen-bond donors (Lipinski definition) is 0. The highest BCUT2D eigenvalue weighted by Gasteiger charge is 2.17. The fraction of sp³-hybridized carbons (Fsp3) is 0.389. The maximum atomic E-state index is 11.0. The number of carbonyl (C=O) groups excluding carboxylic acids is 1. The van der Waals surface area contributed by atoms with Crippen molar-refractivity contribution >= 4 is 5.97 Å². The molecule has 0 aromatic heterocycles. The molecule has 1 aromatic rings. The van der Waals surface area contributed by atoms with Crippen molar-refractivity contribution in [3.63, 3.8) is 0 Å². The molecule has 0 N–H and O–H groups in total. The molecule has 1 aromatic carbocycles. The Bertz CT molecular complexity index is 414. The van der Waals surface area contributed by atoms with Gasteiger partial charge in [-0.3, -0.25) is 0 Å². The minimum absolute atomic E-state index is 0.374. The summed E-state index contributed by atoms with van der Waals surface area (Å²) in [5, 5.41) is 0. The van der Waals surface area contributed by atoms with Gasteiger partial charge in [-0.1, -0.05) is 31.4 Å². The van der Waals surface area contributed by atoms with E-state index in [4.69, 9.17) is 0 Å². The number of carbonyl (C=O) groups is 1. The number of esters is 1. The van der Waals surface area contributed by atoms with Gasteiger partial charge in [0, 0.05) is 0 Å². The first kappa shape index (κ1) is 19.1. The van der Waals surface area contributed by atoms with Crippen LogP contribution in [-0.2, 0) is 4.74 Å². The summed E-state index contributed by atoms with van der Waals surface area (Å²) in [6, 6.07) is 8.77. The predicted octanol–water partition coefficient (Wildman–Crippen LogP) is 4.04. The minimum atomic E-state index is -0.374. The maximum Gasteiger partial charge on any atom is 0.342 e. The first-order chi connectivity index (χ1) is 10.1. The summed E-state index contributed by atoms with van der Waals surface area (Å²) in [6.07, 6.45) is 3.14. The zero-order valence-electron chi connectivity index (χ0n) is 13.5. The molecule has 0 fully saturated rings. The third-order valence-electron chi connectivity index (χ3n) is 3.73. The van der Waals surface area contributed by atoms with E-state index >= 15 is 0 Å². The molecule has 0 unspecified atom stereocenters. The number of ether oxygens (including phenoxy) is 1. The second kappa shape index (κ2) is 10.9. The van der Waals surface area contributed by atoms with Crippen LogP contribution in [-0.4, -0.2) is 36.6 Å². The summed E-state index contributed by atoms with van der Waals surface area (Å²) >= 11 is 0. The van der Waals surface area contributed by atoms with Gasteiger partial charge < -0.3 is 9.22 Å². The van der Waals surface area contributed by atoms with Crippen LogP contribution < -0.4 is 0 Å². The van der Waals surface area contributed by atoms with Crippen molar-refractivity contribution in [2.75, 3.05) is 26.2 Å². The van der Waals surface area contributed by atoms with Crippen LogP contribution in [0.2, 0.25) is 0 Å². The zero-order chi connectivity index (χ0) is 16.1. The third-order valence-corrected chi connectivity index (χ3v) is 3.73. The molecule has 0 spiro atoms. The third kappa shape index (κ3) is 6.91. The van der Waals surface area contributed by atoms with Crippen molar-refractivity contribution in [1.29, 1.82) is 0 Å². The smallest absolute Gasteiger partial charge is 0.342 e. The Morgan fingerprint density at radius 2 is 1.62 bits per heavy atom. The summed E-state index contributed by atoms with van der Waals surface area (Å²) in [4.78, 5) is 11.0. The molecule has 0 amide bonds. The molecule has 0 aliphatic heterocycles. The molecule has 116 valence electrons. The Hall–Kier alpha value is -1.87. The Balaban J connectivity index is 0.000000384. The standard InChI is InChI=1S/C9H20N.C9H8O2/c1-5-9-10(6-2,7-3)8-4;1-2-11-9(10)8-6-4-3-5-7-8/h5H,1,6-9H2,2-4H3;2-7H,1H2/q+1;. The van der Waals surface area contributed by atoms with Crippen molar-refractivity contribution in [2.45, 2.75) is 20.8 Å². The number of quaternary nitrogens is 1. The Morgan fingerprint density at radius 3 is 1.95 bits per heavy atom. The van der Waals surface area contributed by atoms with Crippen molar-refractivity contribution in [2.24, 2.45) is 0 Å². The van der Waals surface area contributed by atoms with E-state index in [2.05, 4.69) is 38.7 Å². The highest BCUT2D eigenvalue weighted by molar-refractivity contribution is 5.89. The fourth-order valence-electron chi connectivity index (χ4n) is 2.05. The van der Waals surface area contributed by atoms with Gasteiger partial charge in [-0.25, -0.2) is 4.79 Å². The Kier molecular flexibility index (Phi) is 9.90. The van der Waals surface area contributed by atoms with E-state index < -0.39 is 0 Å². The van der Waals surface area contributed by atoms with Gasteiger partial charge in [0.05, 0.1) is 38.0 Å². The van der Waals surface area contributed by atoms with E-state index in [1.165, 1.54) is 24.1 Å². The van der Waals surface area contributed by atoms with Crippen molar-refractivity contribution < 1.29 is 14.0 Å². The van der Waals surface area contributed by atoms with Crippen LogP contribution in [0.25, 0.3) is 0 Å². The summed E-state index contributed by atoms with van der Waals surface area (Å²) in [5.74, 6) is -0.374. The Labute approximate surface area is 129 Å². The van der Waals surface area contributed by atoms with Crippen molar-refractivity contribution in [3.8, 4) is 0 Å². The lowest BCUT2D eigenvalue weighted by atomic mass is 10.2. The summed E-state index contributed by atoms with van der Waals surface area (Å²) < 4.78 is 5.74. The maximum absolute atomic E-state index is 11.0. The largest absolute Gasteiger partial charge is 0.432 e. The molecule has 0 saturated carbocycles. The molecule has 3 nitrogen and oxygen atoms in total. The van der Waals surface area contributed by atoms with Crippen LogP contribution in [0, 0.1) is 0 Å². The molecule has 0 heterocycles. The highest BCUT2D eigenvalue weighted by Crippen LogP contribution is 2.04. The van der Waals surface area contributed by atoms with E-state index in [0.717, 1.165) is 12.8 Å². The van der Waals surface area contributed by atoms with Crippen LogP contribution in [0.1, 0.15) is 31.1 Å². The predicted molar refractivity (Wildman–Crippen MR) is 89.0 cm³/mol. The number of nitrogens with zero attached hydrogens (tertiary/aromatic N) is 1. The second-order valence-corrected chi connectivity index (χ2v) is 4.70. The number of rotatable bonds is 7. The topological polar surface area (TPSA) is 26.3 Å². The van der Waals surface area contributed by atoms with Crippen molar-refractivity contribution in [1.82, 2.24) is 0 Å². The van der Waals surface area contributed by atoms with E-state index in [9.17, 15) is 4.79 Å². The monoisotopic (exact) mass is 290 g/mol. The number of likely N-dealkylation sites (N-methyl/N-ethyl adjacent to an activating group) is 1. The molecule has 0 radical (unpaired) electrons. The second-order valence-electron chi connectivity index (χ2n) is 4.70. The van der Waals surface area contributed by atoms with Gasteiger partial charge >= 0.3 is 5.97 Å². The van der Waals surface area contributed by atoms with E-state index in [0.29, 0.717) is 5.56 Å². The van der Waals surface area contributed by atoms with Gasteiger partial charge in [-0.05, 0) is 39.0 Å². The van der Waals surface area contributed by atoms with Crippen LogP contribution in [0.3, 0.4) is 0 Å². The lowest BCUT2D eigenvalue weighted by molar-refractivity contribution is -0.917. The first-order valence-corrected chi connectivity index (χ1v) is 7.42.